The summed E-state index contributed by atoms with van der Waals surface area (Å²) in [5.41, 5.74) is 0. The highest BCUT2D eigenvalue weighted by molar-refractivity contribution is 7.80. The standard InChI is InChI=1S/C6H15NS/c1-4-7(3)5-6(2)8/h6,8H,4-5H2,1-3H3/t6-/m1/s1. The van der Waals surface area contributed by atoms with Crippen molar-refractivity contribution in [3.05, 3.63) is 0 Å². The average molecular weight is 133 g/mol. The topological polar surface area (TPSA) is 3.24 Å². The van der Waals surface area contributed by atoms with Crippen molar-refractivity contribution in [1.29, 1.82) is 0 Å². The summed E-state index contributed by atoms with van der Waals surface area (Å²) >= 11 is 4.25. The molecule has 0 spiro atoms. The second-order valence-corrected chi connectivity index (χ2v) is 3.09. The molecule has 0 fully saturated rings. The molecule has 2 heteroatoms. The normalized spacial score (nSPS) is 14.6. The first kappa shape index (κ1) is 8.31. The van der Waals surface area contributed by atoms with Crippen LogP contribution < -0.4 is 0 Å². The Kier molecular flexibility index (Phi) is 4.38. The summed E-state index contributed by atoms with van der Waals surface area (Å²) in [5.74, 6) is 0. The molecule has 0 N–H and O–H groups in total. The van der Waals surface area contributed by atoms with Gasteiger partial charge in [0.05, 0.1) is 0 Å². The monoisotopic (exact) mass is 133 g/mol. The Morgan fingerprint density at radius 2 is 2.12 bits per heavy atom. The van der Waals surface area contributed by atoms with Crippen molar-refractivity contribution in [2.24, 2.45) is 0 Å². The molecule has 0 aliphatic carbocycles. The van der Waals surface area contributed by atoms with Gasteiger partial charge in [-0.15, -0.1) is 0 Å². The van der Waals surface area contributed by atoms with Gasteiger partial charge in [-0.05, 0) is 13.6 Å². The molecule has 8 heavy (non-hydrogen) atoms. The van der Waals surface area contributed by atoms with Gasteiger partial charge in [-0.25, -0.2) is 0 Å². The van der Waals surface area contributed by atoms with Gasteiger partial charge in [0.15, 0.2) is 0 Å². The van der Waals surface area contributed by atoms with Gasteiger partial charge in [0.2, 0.25) is 0 Å². The van der Waals surface area contributed by atoms with Crippen LogP contribution in [0.25, 0.3) is 0 Å². The first-order valence-corrected chi connectivity index (χ1v) is 3.55. The van der Waals surface area contributed by atoms with Crippen LogP contribution in [-0.4, -0.2) is 30.3 Å². The summed E-state index contributed by atoms with van der Waals surface area (Å²) in [4.78, 5) is 2.25. The fraction of sp³-hybridized carbons (Fsp3) is 1.00. The summed E-state index contributed by atoms with van der Waals surface area (Å²) < 4.78 is 0. The van der Waals surface area contributed by atoms with E-state index >= 15 is 0 Å². The van der Waals surface area contributed by atoms with Crippen LogP contribution in [0.5, 0.6) is 0 Å². The van der Waals surface area contributed by atoms with Crippen molar-refractivity contribution in [2.75, 3.05) is 20.1 Å². The van der Waals surface area contributed by atoms with E-state index in [1.54, 1.807) is 0 Å². The van der Waals surface area contributed by atoms with Crippen molar-refractivity contribution < 1.29 is 0 Å². The highest BCUT2D eigenvalue weighted by Gasteiger charge is 1.96. The van der Waals surface area contributed by atoms with Gasteiger partial charge >= 0.3 is 0 Å². The zero-order chi connectivity index (χ0) is 6.57. The summed E-state index contributed by atoms with van der Waals surface area (Å²) in [6.07, 6.45) is 0. The molecule has 0 heterocycles. The Hall–Kier alpha value is 0.310. The van der Waals surface area contributed by atoms with Gasteiger partial charge in [0.25, 0.3) is 0 Å². The molecule has 0 radical (unpaired) electrons. The number of rotatable bonds is 3. The minimum absolute atomic E-state index is 0.500. The van der Waals surface area contributed by atoms with Gasteiger partial charge in [-0.3, -0.25) is 0 Å². The second kappa shape index (κ2) is 4.21. The molecule has 0 saturated carbocycles. The van der Waals surface area contributed by atoms with Crippen LogP contribution in [0, 0.1) is 0 Å². The largest absolute Gasteiger partial charge is 0.306 e. The van der Waals surface area contributed by atoms with E-state index < -0.39 is 0 Å². The van der Waals surface area contributed by atoms with Crippen LogP contribution in [0.3, 0.4) is 0 Å². The average Bonchev–Trinajstić information content (AvgIpc) is 1.65. The fourth-order valence-corrected chi connectivity index (χ4v) is 0.859. The lowest BCUT2D eigenvalue weighted by molar-refractivity contribution is 0.358. The molecule has 0 saturated heterocycles. The number of nitrogens with zero attached hydrogens (tertiary/aromatic N) is 1. The van der Waals surface area contributed by atoms with Crippen molar-refractivity contribution in [3.8, 4) is 0 Å². The maximum Gasteiger partial charge on any atom is 0.0116 e. The summed E-state index contributed by atoms with van der Waals surface area (Å²) in [6, 6.07) is 0. The van der Waals surface area contributed by atoms with Crippen LogP contribution in [0.15, 0.2) is 0 Å². The predicted octanol–water partition coefficient (Wildman–Crippen LogP) is 1.26. The molecular formula is C6H15NS. The Labute approximate surface area is 57.5 Å². The highest BCUT2D eigenvalue weighted by Crippen LogP contribution is 1.93. The minimum atomic E-state index is 0.500. The molecule has 0 aromatic rings. The lowest BCUT2D eigenvalue weighted by atomic mass is 10.4. The van der Waals surface area contributed by atoms with Gasteiger partial charge in [-0.2, -0.15) is 12.6 Å². The molecule has 0 rings (SSSR count). The van der Waals surface area contributed by atoms with Crippen LogP contribution in [0.4, 0.5) is 0 Å². The van der Waals surface area contributed by atoms with E-state index in [0.717, 1.165) is 13.1 Å². The minimum Gasteiger partial charge on any atom is -0.306 e. The van der Waals surface area contributed by atoms with Gasteiger partial charge in [0.1, 0.15) is 0 Å². The van der Waals surface area contributed by atoms with Crippen LogP contribution in [0.1, 0.15) is 13.8 Å². The Bertz CT molecular complexity index is 54.5. The first-order valence-electron chi connectivity index (χ1n) is 3.03. The molecule has 0 aromatic heterocycles. The molecule has 0 amide bonds. The first-order chi connectivity index (χ1) is 3.66. The molecule has 0 aliphatic heterocycles. The summed E-state index contributed by atoms with van der Waals surface area (Å²) in [6.45, 7) is 6.45. The van der Waals surface area contributed by atoms with E-state index in [2.05, 4.69) is 38.4 Å². The lowest BCUT2D eigenvalue weighted by Gasteiger charge is -2.14. The third kappa shape index (κ3) is 4.47. The van der Waals surface area contributed by atoms with Crippen molar-refractivity contribution >= 4 is 12.6 Å². The lowest BCUT2D eigenvalue weighted by Crippen LogP contribution is -2.24. The number of hydrogen-bond donors (Lipinski definition) is 1. The van der Waals surface area contributed by atoms with E-state index in [1.807, 2.05) is 0 Å². The molecule has 50 valence electrons. The zero-order valence-corrected chi connectivity index (χ0v) is 6.78. The van der Waals surface area contributed by atoms with Gasteiger partial charge in [0, 0.05) is 11.8 Å². The molecule has 1 atom stereocenters. The van der Waals surface area contributed by atoms with Crippen molar-refractivity contribution in [2.45, 2.75) is 19.1 Å². The third-order valence-electron chi connectivity index (χ3n) is 1.12. The molecule has 0 bridgehead atoms. The number of hydrogen-bond acceptors (Lipinski definition) is 2. The van der Waals surface area contributed by atoms with E-state index in [1.165, 1.54) is 0 Å². The predicted molar refractivity (Wildman–Crippen MR) is 41.6 cm³/mol. The number of thiol groups is 1. The maximum absolute atomic E-state index is 4.25. The van der Waals surface area contributed by atoms with E-state index in [-0.39, 0.29) is 0 Å². The Morgan fingerprint density at radius 3 is 2.25 bits per heavy atom. The van der Waals surface area contributed by atoms with Crippen LogP contribution >= 0.6 is 12.6 Å². The Morgan fingerprint density at radius 1 is 1.62 bits per heavy atom. The molecule has 0 unspecified atom stereocenters. The third-order valence-corrected chi connectivity index (χ3v) is 1.28. The molecular weight excluding hydrogens is 118 g/mol. The van der Waals surface area contributed by atoms with Gasteiger partial charge in [-0.1, -0.05) is 13.8 Å². The SMILES string of the molecule is CCN(C)C[C@@H](C)S. The van der Waals surface area contributed by atoms with Gasteiger partial charge < -0.3 is 4.90 Å². The summed E-state index contributed by atoms with van der Waals surface area (Å²) in [7, 11) is 2.10. The fourth-order valence-electron chi connectivity index (χ4n) is 0.580. The second-order valence-electron chi connectivity index (χ2n) is 2.20. The molecule has 0 aromatic carbocycles. The molecule has 1 nitrogen and oxygen atoms in total. The Balaban J connectivity index is 3.10. The van der Waals surface area contributed by atoms with Crippen LogP contribution in [-0.2, 0) is 0 Å². The quantitative estimate of drug-likeness (QED) is 0.567. The molecule has 0 aliphatic rings. The highest BCUT2D eigenvalue weighted by atomic mass is 32.1. The zero-order valence-electron chi connectivity index (χ0n) is 5.89. The smallest absolute Gasteiger partial charge is 0.0116 e. The van der Waals surface area contributed by atoms with Crippen LogP contribution in [0.2, 0.25) is 0 Å². The summed E-state index contributed by atoms with van der Waals surface area (Å²) in [5, 5.41) is 0.500. The van der Waals surface area contributed by atoms with E-state index in [9.17, 15) is 0 Å². The van der Waals surface area contributed by atoms with Crippen molar-refractivity contribution in [3.63, 3.8) is 0 Å². The van der Waals surface area contributed by atoms with Crippen molar-refractivity contribution in [1.82, 2.24) is 4.90 Å². The maximum atomic E-state index is 4.25. The van der Waals surface area contributed by atoms with E-state index in [0.29, 0.717) is 5.25 Å². The van der Waals surface area contributed by atoms with E-state index in [4.69, 9.17) is 0 Å².